The first-order valence-electron chi connectivity index (χ1n) is 8.46. The van der Waals surface area contributed by atoms with Gasteiger partial charge in [-0.15, -0.1) is 0 Å². The minimum Gasteiger partial charge on any atom is -0.383 e. The van der Waals surface area contributed by atoms with E-state index in [1.54, 1.807) is 31.3 Å². The van der Waals surface area contributed by atoms with E-state index in [-0.39, 0.29) is 10.8 Å². The van der Waals surface area contributed by atoms with E-state index in [9.17, 15) is 13.2 Å². The molecule has 0 unspecified atom stereocenters. The minimum absolute atomic E-state index is 0.115. The van der Waals surface area contributed by atoms with Crippen LogP contribution in [0.3, 0.4) is 0 Å². The van der Waals surface area contributed by atoms with Gasteiger partial charge in [-0.3, -0.25) is 4.79 Å². The van der Waals surface area contributed by atoms with Crippen LogP contribution in [0, 0.1) is 0 Å². The van der Waals surface area contributed by atoms with E-state index >= 15 is 0 Å². The lowest BCUT2D eigenvalue weighted by atomic mass is 10.2. The lowest BCUT2D eigenvalue weighted by molar-refractivity contribution is 0.0627. The third-order valence-electron chi connectivity index (χ3n) is 4.11. The third-order valence-corrected chi connectivity index (χ3v) is 6.00. The molecule has 1 fully saturated rings. The number of morpholine rings is 1. The Kier molecular flexibility index (Phi) is 7.98. The summed E-state index contributed by atoms with van der Waals surface area (Å²) in [4.78, 5) is 14.5. The van der Waals surface area contributed by atoms with Crippen molar-refractivity contribution in [3.05, 3.63) is 29.8 Å². The van der Waals surface area contributed by atoms with Gasteiger partial charge < -0.3 is 19.1 Å². The molecule has 1 aliphatic heterocycles. The highest BCUT2D eigenvalue weighted by atomic mass is 32.2. The second-order valence-electron chi connectivity index (χ2n) is 5.82. The second-order valence-corrected chi connectivity index (χ2v) is 7.76. The highest BCUT2D eigenvalue weighted by Crippen LogP contribution is 2.19. The normalized spacial score (nSPS) is 15.8. The largest absolute Gasteiger partial charge is 0.383 e. The van der Waals surface area contributed by atoms with Crippen LogP contribution in [-0.4, -0.2) is 90.4 Å². The van der Waals surface area contributed by atoms with Gasteiger partial charge in [-0.2, -0.15) is 4.31 Å². The SMILES string of the molecule is COCCN(CCOC)C(=O)c1cccc(S(=O)(=O)N2CCOCC2)c1. The molecule has 0 spiro atoms. The zero-order valence-corrected chi connectivity index (χ0v) is 16.0. The summed E-state index contributed by atoms with van der Waals surface area (Å²) in [5.74, 6) is -0.252. The van der Waals surface area contributed by atoms with Crippen LogP contribution >= 0.6 is 0 Å². The highest BCUT2D eigenvalue weighted by molar-refractivity contribution is 7.89. The minimum atomic E-state index is -3.64. The van der Waals surface area contributed by atoms with Crippen molar-refractivity contribution < 1.29 is 27.4 Å². The summed E-state index contributed by atoms with van der Waals surface area (Å²) in [5.41, 5.74) is 0.326. The number of hydrogen-bond donors (Lipinski definition) is 0. The van der Waals surface area contributed by atoms with E-state index in [1.165, 1.54) is 16.4 Å². The molecule has 1 aromatic rings. The number of carbonyl (C=O) groups is 1. The Bertz CT molecular complexity index is 680. The molecule has 1 aromatic carbocycles. The second kappa shape index (κ2) is 9.98. The quantitative estimate of drug-likeness (QED) is 0.612. The Morgan fingerprint density at radius 2 is 1.77 bits per heavy atom. The van der Waals surface area contributed by atoms with Crippen molar-refractivity contribution in [1.29, 1.82) is 0 Å². The van der Waals surface area contributed by atoms with Crippen LogP contribution in [0.15, 0.2) is 29.2 Å². The lowest BCUT2D eigenvalue weighted by Crippen LogP contribution is -2.40. The van der Waals surface area contributed by atoms with Gasteiger partial charge in [0.25, 0.3) is 5.91 Å². The van der Waals surface area contributed by atoms with Crippen LogP contribution in [0.25, 0.3) is 0 Å². The van der Waals surface area contributed by atoms with E-state index in [0.29, 0.717) is 58.2 Å². The molecule has 0 aromatic heterocycles. The first kappa shape index (κ1) is 20.8. The van der Waals surface area contributed by atoms with Crippen molar-refractivity contribution >= 4 is 15.9 Å². The average molecular weight is 386 g/mol. The first-order valence-corrected chi connectivity index (χ1v) is 9.90. The zero-order valence-electron chi connectivity index (χ0n) is 15.2. The van der Waals surface area contributed by atoms with Crippen molar-refractivity contribution in [2.75, 3.05) is 66.8 Å². The van der Waals surface area contributed by atoms with Crippen molar-refractivity contribution in [3.63, 3.8) is 0 Å². The van der Waals surface area contributed by atoms with E-state index in [4.69, 9.17) is 14.2 Å². The molecule has 26 heavy (non-hydrogen) atoms. The zero-order chi connectivity index (χ0) is 19.0. The molecule has 146 valence electrons. The molecule has 2 rings (SSSR count). The van der Waals surface area contributed by atoms with Gasteiger partial charge in [0.15, 0.2) is 0 Å². The number of carbonyl (C=O) groups excluding carboxylic acids is 1. The van der Waals surface area contributed by atoms with E-state index in [2.05, 4.69) is 0 Å². The van der Waals surface area contributed by atoms with Gasteiger partial charge >= 0.3 is 0 Å². The van der Waals surface area contributed by atoms with Gasteiger partial charge in [0.05, 0.1) is 31.3 Å². The Morgan fingerprint density at radius 3 is 2.35 bits per heavy atom. The number of methoxy groups -OCH3 is 2. The molecule has 0 atom stereocenters. The Morgan fingerprint density at radius 1 is 1.15 bits per heavy atom. The van der Waals surface area contributed by atoms with Gasteiger partial charge in [0, 0.05) is 46.0 Å². The lowest BCUT2D eigenvalue weighted by Gasteiger charge is -2.26. The topological polar surface area (TPSA) is 85.4 Å². The molecular weight excluding hydrogens is 360 g/mol. The third kappa shape index (κ3) is 5.24. The van der Waals surface area contributed by atoms with Gasteiger partial charge in [-0.25, -0.2) is 8.42 Å². The molecule has 0 aliphatic carbocycles. The summed E-state index contributed by atoms with van der Waals surface area (Å²) in [5, 5.41) is 0. The average Bonchev–Trinajstić information content (AvgIpc) is 2.68. The highest BCUT2D eigenvalue weighted by Gasteiger charge is 2.27. The van der Waals surface area contributed by atoms with Crippen LogP contribution < -0.4 is 0 Å². The number of ether oxygens (including phenoxy) is 3. The van der Waals surface area contributed by atoms with Gasteiger partial charge in [0.2, 0.25) is 10.0 Å². The van der Waals surface area contributed by atoms with Crippen molar-refractivity contribution in [2.24, 2.45) is 0 Å². The molecule has 1 aliphatic rings. The maximum absolute atomic E-state index is 12.8. The van der Waals surface area contributed by atoms with Crippen LogP contribution in [-0.2, 0) is 24.2 Å². The predicted molar refractivity (Wildman–Crippen MR) is 95.7 cm³/mol. The molecular formula is C17H26N2O6S. The Balaban J connectivity index is 2.21. The molecule has 1 amide bonds. The molecule has 1 saturated heterocycles. The number of benzene rings is 1. The summed E-state index contributed by atoms with van der Waals surface area (Å²) in [6.07, 6.45) is 0. The number of hydrogen-bond acceptors (Lipinski definition) is 6. The number of nitrogens with zero attached hydrogens (tertiary/aromatic N) is 2. The van der Waals surface area contributed by atoms with E-state index < -0.39 is 10.0 Å². The van der Waals surface area contributed by atoms with E-state index in [1.807, 2.05) is 0 Å². The maximum Gasteiger partial charge on any atom is 0.254 e. The number of amides is 1. The van der Waals surface area contributed by atoms with Crippen LogP contribution in [0.2, 0.25) is 0 Å². The monoisotopic (exact) mass is 386 g/mol. The summed E-state index contributed by atoms with van der Waals surface area (Å²) in [6.45, 7) is 2.96. The fraction of sp³-hybridized carbons (Fsp3) is 0.588. The fourth-order valence-corrected chi connectivity index (χ4v) is 4.08. The molecule has 1 heterocycles. The van der Waals surface area contributed by atoms with Crippen molar-refractivity contribution in [1.82, 2.24) is 9.21 Å². The molecule has 0 saturated carbocycles. The summed E-state index contributed by atoms with van der Waals surface area (Å²) in [6, 6.07) is 6.15. The standard InChI is InChI=1S/C17H26N2O6S/c1-23-10-6-18(7-11-24-2)17(20)15-4-3-5-16(14-15)26(21,22)19-8-12-25-13-9-19/h3-5,14H,6-13H2,1-2H3. The van der Waals surface area contributed by atoms with Crippen LogP contribution in [0.4, 0.5) is 0 Å². The molecule has 0 radical (unpaired) electrons. The molecule has 0 bridgehead atoms. The first-order chi connectivity index (χ1) is 12.5. The van der Waals surface area contributed by atoms with Crippen molar-refractivity contribution in [3.8, 4) is 0 Å². The summed E-state index contributed by atoms with van der Waals surface area (Å²) < 4.78 is 42.2. The van der Waals surface area contributed by atoms with Gasteiger partial charge in [0.1, 0.15) is 0 Å². The van der Waals surface area contributed by atoms with Crippen LogP contribution in [0.1, 0.15) is 10.4 Å². The Labute approximate surface area is 154 Å². The summed E-state index contributed by atoms with van der Waals surface area (Å²) >= 11 is 0. The van der Waals surface area contributed by atoms with Gasteiger partial charge in [-0.1, -0.05) is 6.07 Å². The fourth-order valence-electron chi connectivity index (χ4n) is 2.63. The maximum atomic E-state index is 12.8. The number of rotatable bonds is 9. The van der Waals surface area contributed by atoms with Gasteiger partial charge in [-0.05, 0) is 18.2 Å². The van der Waals surface area contributed by atoms with E-state index in [0.717, 1.165) is 0 Å². The molecule has 9 heteroatoms. The van der Waals surface area contributed by atoms with Crippen LogP contribution in [0.5, 0.6) is 0 Å². The summed E-state index contributed by atoms with van der Waals surface area (Å²) in [7, 11) is -0.516. The molecule has 8 nitrogen and oxygen atoms in total. The smallest absolute Gasteiger partial charge is 0.254 e. The predicted octanol–water partition coefficient (Wildman–Crippen LogP) is 0.443. The molecule has 0 N–H and O–H groups in total. The number of sulfonamides is 1. The Hall–Kier alpha value is -1.52. The van der Waals surface area contributed by atoms with Crippen molar-refractivity contribution in [2.45, 2.75) is 4.90 Å².